The summed E-state index contributed by atoms with van der Waals surface area (Å²) in [6, 6.07) is 0. The summed E-state index contributed by atoms with van der Waals surface area (Å²) in [5, 5.41) is 11.2. The third-order valence-electron chi connectivity index (χ3n) is 21.6. The van der Waals surface area contributed by atoms with Gasteiger partial charge in [-0.15, -0.1) is 6.58 Å². The lowest BCUT2D eigenvalue weighted by Gasteiger charge is -2.56. The van der Waals surface area contributed by atoms with Gasteiger partial charge in [-0.1, -0.05) is 143 Å². The molecule has 0 bridgehead atoms. The fourth-order valence-corrected chi connectivity index (χ4v) is 16.9. The van der Waals surface area contributed by atoms with Gasteiger partial charge in [0, 0.05) is 18.8 Å². The zero-order valence-electron chi connectivity index (χ0n) is 56.8. The largest absolute Gasteiger partial charge is 0.409 e. The minimum Gasteiger partial charge on any atom is -0.409 e. The molecule has 0 saturated carbocycles. The van der Waals surface area contributed by atoms with Crippen molar-refractivity contribution in [3.63, 3.8) is 0 Å². The zero-order valence-corrected chi connectivity index (χ0v) is 60.8. The van der Waals surface area contributed by atoms with Crippen LogP contribution in [0.5, 0.6) is 0 Å². The number of ether oxygens (including phenoxy) is 5. The molecule has 82 heavy (non-hydrogen) atoms. The molecular formula is C67H124O11Si4. The van der Waals surface area contributed by atoms with Crippen LogP contribution in [-0.2, 0) is 46.2 Å². The first-order valence-corrected chi connectivity index (χ1v) is 43.9. The second kappa shape index (κ2) is 27.9. The van der Waals surface area contributed by atoms with Crippen molar-refractivity contribution < 1.29 is 51.3 Å². The second-order valence-electron chi connectivity index (χ2n) is 32.3. The summed E-state index contributed by atoms with van der Waals surface area (Å²) in [6.45, 7) is 67.9. The third kappa shape index (κ3) is 17.7. The van der Waals surface area contributed by atoms with Crippen LogP contribution in [0.25, 0.3) is 0 Å². The van der Waals surface area contributed by atoms with Gasteiger partial charge in [0.1, 0.15) is 18.3 Å². The van der Waals surface area contributed by atoms with E-state index in [0.29, 0.717) is 31.6 Å². The molecule has 0 radical (unpaired) electrons. The van der Waals surface area contributed by atoms with E-state index < -0.39 is 69.9 Å². The Morgan fingerprint density at radius 2 is 1.20 bits per heavy atom. The van der Waals surface area contributed by atoms with Gasteiger partial charge in [0.25, 0.3) is 0 Å². The average Bonchev–Trinajstić information content (AvgIpc) is 3.33. The van der Waals surface area contributed by atoms with Crippen LogP contribution in [0.4, 0.5) is 0 Å². The molecule has 5 saturated heterocycles. The van der Waals surface area contributed by atoms with Crippen LogP contribution < -0.4 is 0 Å². The first-order chi connectivity index (χ1) is 37.5. The van der Waals surface area contributed by atoms with Crippen molar-refractivity contribution in [1.29, 1.82) is 0 Å². The summed E-state index contributed by atoms with van der Waals surface area (Å²) in [5.74, 6) is 0.695. The van der Waals surface area contributed by atoms with Crippen molar-refractivity contribution in [3.05, 3.63) is 49.1 Å². The Bertz CT molecular complexity index is 2150. The van der Waals surface area contributed by atoms with Gasteiger partial charge in [-0.3, -0.25) is 4.79 Å². The van der Waals surface area contributed by atoms with Crippen LogP contribution in [0.2, 0.25) is 72.5 Å². The first-order valence-electron chi connectivity index (χ1n) is 32.3. The lowest BCUT2D eigenvalue weighted by Crippen LogP contribution is -2.69. The minimum atomic E-state index is -2.53. The van der Waals surface area contributed by atoms with Gasteiger partial charge in [-0.25, -0.2) is 0 Å². The van der Waals surface area contributed by atoms with E-state index in [1.165, 1.54) is 0 Å². The van der Waals surface area contributed by atoms with Crippen molar-refractivity contribution in [2.45, 2.75) is 352 Å². The molecule has 5 rings (SSSR count). The zero-order chi connectivity index (χ0) is 62.1. The van der Waals surface area contributed by atoms with Gasteiger partial charge in [0.05, 0.1) is 73.2 Å². The van der Waals surface area contributed by atoms with E-state index in [2.05, 4.69) is 183 Å². The smallest absolute Gasteiger partial charge is 0.193 e. The number of hydrogen-bond donors (Lipinski definition) is 1. The Morgan fingerprint density at radius 1 is 0.646 bits per heavy atom. The lowest BCUT2D eigenvalue weighted by atomic mass is 9.78. The number of rotatable bonds is 24. The number of carbonyl (C=O) groups excluding carboxylic acids is 1. The predicted octanol–water partition coefficient (Wildman–Crippen LogP) is 16.8. The molecule has 0 aromatic rings. The normalized spacial score (nSPS) is 34.6. The molecule has 5 fully saturated rings. The third-order valence-corrected chi connectivity index (χ3v) is 39.5. The Hall–Kier alpha value is -0.902. The Labute approximate surface area is 506 Å². The molecule has 0 spiro atoms. The van der Waals surface area contributed by atoms with Crippen LogP contribution >= 0.6 is 0 Å². The molecule has 0 aromatic carbocycles. The molecule has 474 valence electrons. The quantitative estimate of drug-likeness (QED) is 0.0565. The van der Waals surface area contributed by atoms with E-state index in [-0.39, 0.29) is 92.7 Å². The van der Waals surface area contributed by atoms with Gasteiger partial charge >= 0.3 is 0 Å². The number of fused-ring (bicyclic) bond motifs is 1. The Kier molecular flexibility index (Phi) is 24.4. The molecule has 5 heterocycles. The van der Waals surface area contributed by atoms with E-state index >= 15 is 0 Å². The molecular weight excluding hydrogens is 1090 g/mol. The van der Waals surface area contributed by atoms with Gasteiger partial charge in [0.15, 0.2) is 39.1 Å². The number of allylic oxidation sites excluding steroid dienone is 2. The molecule has 0 amide bonds. The molecule has 5 aliphatic heterocycles. The fraction of sp³-hybridized carbons (Fsp3) is 0.866. The summed E-state index contributed by atoms with van der Waals surface area (Å²) in [7, 11) is -9.94. The first kappa shape index (κ1) is 71.8. The van der Waals surface area contributed by atoms with Crippen molar-refractivity contribution >= 4 is 39.1 Å². The van der Waals surface area contributed by atoms with Gasteiger partial charge in [-0.05, 0) is 159 Å². The topological polar surface area (TPSA) is 120 Å². The van der Waals surface area contributed by atoms with E-state index in [4.69, 9.17) is 41.4 Å². The number of carbonyl (C=O) groups is 1. The maximum Gasteiger partial charge on any atom is 0.193 e. The van der Waals surface area contributed by atoms with Crippen LogP contribution in [-0.4, -0.2) is 136 Å². The van der Waals surface area contributed by atoms with Gasteiger partial charge in [0.2, 0.25) is 0 Å². The van der Waals surface area contributed by atoms with E-state index in [1.54, 1.807) is 6.08 Å². The van der Waals surface area contributed by atoms with E-state index in [0.717, 1.165) is 62.5 Å². The van der Waals surface area contributed by atoms with Crippen LogP contribution in [0.3, 0.4) is 0 Å². The fourth-order valence-electron chi connectivity index (χ4n) is 11.8. The van der Waals surface area contributed by atoms with E-state index in [9.17, 15) is 9.90 Å². The summed E-state index contributed by atoms with van der Waals surface area (Å²) in [4.78, 5) is 14.4. The highest BCUT2D eigenvalue weighted by Crippen LogP contribution is 2.49. The predicted molar refractivity (Wildman–Crippen MR) is 349 cm³/mol. The Balaban J connectivity index is 1.35. The number of ketones is 1. The molecule has 0 aromatic heterocycles. The van der Waals surface area contributed by atoms with Gasteiger partial charge < -0.3 is 46.5 Å². The van der Waals surface area contributed by atoms with Crippen molar-refractivity contribution in [1.82, 2.24) is 0 Å². The second-order valence-corrected chi connectivity index (χ2v) is 51.3. The van der Waals surface area contributed by atoms with Crippen molar-refractivity contribution in [2.75, 3.05) is 0 Å². The molecule has 5 aliphatic rings. The average molecular weight is 1220 g/mol. The number of aliphatic hydroxyl groups excluding tert-OH is 1. The maximum atomic E-state index is 14.4. The Morgan fingerprint density at radius 3 is 1.74 bits per heavy atom. The molecule has 18 atom stereocenters. The van der Waals surface area contributed by atoms with Gasteiger partial charge in [-0.2, -0.15) is 0 Å². The summed E-state index contributed by atoms with van der Waals surface area (Å²) in [5.41, 5.74) is 2.15. The standard InChI is InChI=1S/C67H124O11Si4/c1-28-30-32-53-61(76-80(22,23)65(11,12)13)63(78-82(26,27)67(17,18)19)62(77-81(24,25)66(14,15)16)60(74-53)54(75-79(20,21)64(8,9)10)37-34-48(68)33-35-49-40-44(4)52(70-49)38-36-50-39-43(3)46(6)55(71-50)42-56-58(69)47(7)59-57(72-56)41-45(5)51(73-59)31-29-2/h28,34,37,43,45,47,49-63,69H,1,4,6,29-33,35-36,38-42H2,2-3,5,7-27H3/b37-34+/t43-,45-,47-,49+,50+,51-,52?,53+,54+,55?,56+,57?,58-,59+,60+,61+,62-,63+/m1/s1. The summed E-state index contributed by atoms with van der Waals surface area (Å²) in [6.07, 6.45) is 10.7. The molecule has 15 heteroatoms. The molecule has 11 nitrogen and oxygen atoms in total. The number of hydrogen-bond acceptors (Lipinski definition) is 11. The molecule has 0 aliphatic carbocycles. The lowest BCUT2D eigenvalue weighted by molar-refractivity contribution is -0.259. The summed E-state index contributed by atoms with van der Waals surface area (Å²) < 4.78 is 65.1. The number of aliphatic hydroxyl groups is 1. The van der Waals surface area contributed by atoms with E-state index in [1.807, 2.05) is 12.2 Å². The van der Waals surface area contributed by atoms with Crippen LogP contribution in [0.15, 0.2) is 49.1 Å². The highest BCUT2D eigenvalue weighted by Gasteiger charge is 2.58. The maximum absolute atomic E-state index is 14.4. The molecule has 1 N–H and O–H groups in total. The van der Waals surface area contributed by atoms with Crippen LogP contribution in [0.1, 0.15) is 188 Å². The summed E-state index contributed by atoms with van der Waals surface area (Å²) >= 11 is 0. The SMILES string of the molecule is C=CCC[C@@H]1O[C@@H]([C@H](/C=C/C(=O)CC[C@H]2CC(=C)C(CC[C@H]3C[C@@H](C)C(=C)C(C[C@@H]4OC5C[C@@H](C)[C@@H](CCC)O[C@H]5[C@H](C)[C@H]4O)O3)O2)O[Si](C)(C)C(C)(C)C)[C@@H](O[Si](C)(C)C(C)(C)C)[C@@H](O[Si](C)(C)C(C)(C)C)[C@H]1O[Si](C)(C)C(C)(C)C. The van der Waals surface area contributed by atoms with Crippen LogP contribution in [0, 0.1) is 17.8 Å². The molecule has 3 unspecified atom stereocenters. The highest BCUT2D eigenvalue weighted by atomic mass is 28.4. The van der Waals surface area contributed by atoms with Crippen molar-refractivity contribution in [3.8, 4) is 0 Å². The minimum absolute atomic E-state index is 0.0228. The monoisotopic (exact) mass is 1220 g/mol. The van der Waals surface area contributed by atoms with Crippen molar-refractivity contribution in [2.24, 2.45) is 17.8 Å². The highest BCUT2D eigenvalue weighted by molar-refractivity contribution is 6.75.